The first-order valence-corrected chi connectivity index (χ1v) is 15.3. The van der Waals surface area contributed by atoms with E-state index in [0.29, 0.717) is 27.7 Å². The van der Waals surface area contributed by atoms with Gasteiger partial charge in [0.2, 0.25) is 5.91 Å². The van der Waals surface area contributed by atoms with E-state index in [0.717, 1.165) is 40.2 Å². The highest BCUT2D eigenvalue weighted by Gasteiger charge is 2.31. The fourth-order valence-corrected chi connectivity index (χ4v) is 7.39. The molecule has 2 atom stereocenters. The van der Waals surface area contributed by atoms with Gasteiger partial charge in [-0.25, -0.2) is 4.79 Å². The number of hydrogen-bond acceptors (Lipinski definition) is 6. The van der Waals surface area contributed by atoms with Crippen LogP contribution in [0.25, 0.3) is 0 Å². The molecule has 1 aromatic heterocycles. The number of amides is 2. The number of thioether (sulfide) groups is 1. The first-order chi connectivity index (χ1) is 19.8. The molecule has 2 amide bonds. The Labute approximate surface area is 248 Å². The molecule has 2 unspecified atom stereocenters. The van der Waals surface area contributed by atoms with Crippen molar-refractivity contribution in [1.29, 1.82) is 0 Å². The van der Waals surface area contributed by atoms with E-state index in [-0.39, 0.29) is 11.8 Å². The molecule has 6 nitrogen and oxygen atoms in total. The molecular weight excluding hydrogens is 553 g/mol. The Hall–Kier alpha value is -3.88. The van der Waals surface area contributed by atoms with E-state index in [1.807, 2.05) is 62.4 Å². The third kappa shape index (κ3) is 6.55. The van der Waals surface area contributed by atoms with E-state index in [4.69, 9.17) is 4.74 Å². The quantitative estimate of drug-likeness (QED) is 0.166. The molecule has 4 aromatic rings. The van der Waals surface area contributed by atoms with Crippen LogP contribution in [0.1, 0.15) is 61.5 Å². The number of anilines is 2. The fraction of sp³-hybridized carbons (Fsp3) is 0.242. The predicted molar refractivity (Wildman–Crippen MR) is 166 cm³/mol. The second-order valence-electron chi connectivity index (χ2n) is 10.1. The summed E-state index contributed by atoms with van der Waals surface area (Å²) >= 11 is 2.86. The van der Waals surface area contributed by atoms with Gasteiger partial charge in [0.05, 0.1) is 17.9 Å². The van der Waals surface area contributed by atoms with Crippen LogP contribution in [-0.4, -0.2) is 30.1 Å². The van der Waals surface area contributed by atoms with Crippen molar-refractivity contribution in [3.8, 4) is 0 Å². The highest BCUT2D eigenvalue weighted by Crippen LogP contribution is 2.43. The molecule has 8 heteroatoms. The predicted octanol–water partition coefficient (Wildman–Crippen LogP) is 7.49. The molecule has 5 rings (SSSR count). The summed E-state index contributed by atoms with van der Waals surface area (Å²) in [4.78, 5) is 40.8. The molecule has 2 N–H and O–H groups in total. The smallest absolute Gasteiger partial charge is 0.341 e. The number of rotatable bonds is 8. The zero-order chi connectivity index (χ0) is 28.9. The van der Waals surface area contributed by atoms with Gasteiger partial charge in [-0.2, -0.15) is 0 Å². The van der Waals surface area contributed by atoms with Crippen LogP contribution in [0.3, 0.4) is 0 Å². The number of ether oxygens (including phenoxy) is 1. The molecule has 210 valence electrons. The van der Waals surface area contributed by atoms with Crippen molar-refractivity contribution in [2.24, 2.45) is 0 Å². The van der Waals surface area contributed by atoms with Gasteiger partial charge in [-0.15, -0.1) is 23.1 Å². The van der Waals surface area contributed by atoms with Crippen LogP contribution < -0.4 is 10.6 Å². The number of esters is 1. The van der Waals surface area contributed by atoms with Crippen molar-refractivity contribution in [1.82, 2.24) is 0 Å². The van der Waals surface area contributed by atoms with Crippen LogP contribution >= 0.6 is 23.1 Å². The van der Waals surface area contributed by atoms with Crippen LogP contribution in [-0.2, 0) is 22.4 Å². The maximum Gasteiger partial charge on any atom is 0.341 e. The van der Waals surface area contributed by atoms with Crippen LogP contribution in [0.5, 0.6) is 0 Å². The van der Waals surface area contributed by atoms with E-state index in [1.165, 1.54) is 35.8 Å². The number of aryl methyl sites for hydroxylation is 1. The SMILES string of the molecule is COC(=O)c1c(NC(=O)C(C)Sc2cccc(NC(=O)c3ccccc3C)c2)sc2c1CCC(c1ccccc1)C2. The molecule has 0 saturated carbocycles. The number of nitrogens with one attached hydrogen (secondary N) is 2. The zero-order valence-electron chi connectivity index (χ0n) is 23.2. The summed E-state index contributed by atoms with van der Waals surface area (Å²) in [5.41, 5.74) is 4.93. The van der Waals surface area contributed by atoms with Crippen molar-refractivity contribution in [2.45, 2.75) is 49.2 Å². The monoisotopic (exact) mass is 584 g/mol. The molecule has 0 aliphatic heterocycles. The van der Waals surface area contributed by atoms with Gasteiger partial charge in [0, 0.05) is 21.0 Å². The Balaban J connectivity index is 1.28. The minimum Gasteiger partial charge on any atom is -0.465 e. The molecule has 0 bridgehead atoms. The number of carbonyl (C=O) groups excluding carboxylic acids is 3. The maximum absolute atomic E-state index is 13.3. The van der Waals surface area contributed by atoms with Gasteiger partial charge < -0.3 is 15.4 Å². The molecule has 41 heavy (non-hydrogen) atoms. The van der Waals surface area contributed by atoms with Gasteiger partial charge >= 0.3 is 5.97 Å². The third-order valence-corrected chi connectivity index (χ3v) is 9.59. The lowest BCUT2D eigenvalue weighted by molar-refractivity contribution is -0.115. The van der Waals surface area contributed by atoms with Gasteiger partial charge in [-0.1, -0.05) is 54.6 Å². The van der Waals surface area contributed by atoms with Gasteiger partial charge in [-0.05, 0) is 80.0 Å². The summed E-state index contributed by atoms with van der Waals surface area (Å²) in [5, 5.41) is 6.07. The average Bonchev–Trinajstić information content (AvgIpc) is 3.34. The van der Waals surface area contributed by atoms with E-state index in [2.05, 4.69) is 34.9 Å². The molecule has 1 heterocycles. The largest absolute Gasteiger partial charge is 0.465 e. The number of benzene rings is 3. The number of fused-ring (bicyclic) bond motifs is 1. The molecule has 0 radical (unpaired) electrons. The lowest BCUT2D eigenvalue weighted by Crippen LogP contribution is -2.23. The van der Waals surface area contributed by atoms with Crippen LogP contribution in [0, 0.1) is 6.92 Å². The van der Waals surface area contributed by atoms with Gasteiger partial charge in [0.25, 0.3) is 5.91 Å². The summed E-state index contributed by atoms with van der Waals surface area (Å²) in [6.45, 7) is 3.73. The Kier molecular flexibility index (Phi) is 8.90. The number of carbonyl (C=O) groups is 3. The minimum atomic E-state index is -0.445. The summed E-state index contributed by atoms with van der Waals surface area (Å²) in [5.74, 6) is -0.423. The van der Waals surface area contributed by atoms with E-state index in [9.17, 15) is 14.4 Å². The Morgan fingerprint density at radius 2 is 1.73 bits per heavy atom. The molecule has 1 aliphatic carbocycles. The fourth-order valence-electron chi connectivity index (χ4n) is 5.15. The minimum absolute atomic E-state index is 0.178. The first-order valence-electron chi connectivity index (χ1n) is 13.6. The molecule has 0 spiro atoms. The highest BCUT2D eigenvalue weighted by molar-refractivity contribution is 8.00. The second kappa shape index (κ2) is 12.7. The van der Waals surface area contributed by atoms with Gasteiger partial charge in [0.1, 0.15) is 5.00 Å². The van der Waals surface area contributed by atoms with Crippen molar-refractivity contribution < 1.29 is 19.1 Å². The molecular formula is C33H32N2O4S2. The van der Waals surface area contributed by atoms with Crippen molar-refractivity contribution in [2.75, 3.05) is 17.7 Å². The number of thiophene rings is 1. The Morgan fingerprint density at radius 3 is 2.49 bits per heavy atom. The standard InChI is InChI=1S/C33H32N2O4S2/c1-20-10-7-8-15-26(20)31(37)34-24-13-9-14-25(19-24)40-21(2)30(36)35-32-29(33(38)39-3)27-17-16-23(18-28(27)41-32)22-11-5-4-6-12-22/h4-15,19,21,23H,16-18H2,1-3H3,(H,34,37)(H,35,36). The highest BCUT2D eigenvalue weighted by atomic mass is 32.2. The second-order valence-corrected chi connectivity index (χ2v) is 12.6. The molecule has 0 saturated heterocycles. The molecule has 3 aromatic carbocycles. The number of methoxy groups -OCH3 is 1. The van der Waals surface area contributed by atoms with Crippen molar-refractivity contribution >= 4 is 51.6 Å². The molecule has 0 fully saturated rings. The number of hydrogen-bond donors (Lipinski definition) is 2. The first kappa shape index (κ1) is 28.6. The Morgan fingerprint density at radius 1 is 0.976 bits per heavy atom. The van der Waals surface area contributed by atoms with Crippen LogP contribution in [0.15, 0.2) is 83.8 Å². The van der Waals surface area contributed by atoms with Crippen molar-refractivity contribution in [3.63, 3.8) is 0 Å². The van der Waals surface area contributed by atoms with Gasteiger partial charge in [-0.3, -0.25) is 9.59 Å². The summed E-state index contributed by atoms with van der Waals surface area (Å²) in [7, 11) is 1.37. The van der Waals surface area contributed by atoms with E-state index in [1.54, 1.807) is 6.07 Å². The van der Waals surface area contributed by atoms with E-state index < -0.39 is 11.2 Å². The van der Waals surface area contributed by atoms with Crippen LogP contribution in [0.2, 0.25) is 0 Å². The normalized spacial score (nSPS) is 15.0. The van der Waals surface area contributed by atoms with Crippen molar-refractivity contribution in [3.05, 3.63) is 112 Å². The average molecular weight is 585 g/mol. The third-order valence-electron chi connectivity index (χ3n) is 7.33. The summed E-state index contributed by atoms with van der Waals surface area (Å²) in [6.07, 6.45) is 2.53. The lowest BCUT2D eigenvalue weighted by Gasteiger charge is -2.22. The summed E-state index contributed by atoms with van der Waals surface area (Å²) < 4.78 is 5.11. The van der Waals surface area contributed by atoms with Crippen LogP contribution in [0.4, 0.5) is 10.7 Å². The van der Waals surface area contributed by atoms with E-state index >= 15 is 0 Å². The maximum atomic E-state index is 13.3. The van der Waals surface area contributed by atoms with Gasteiger partial charge in [0.15, 0.2) is 0 Å². The molecule has 1 aliphatic rings. The summed E-state index contributed by atoms with van der Waals surface area (Å²) in [6, 6.07) is 25.3. The zero-order valence-corrected chi connectivity index (χ0v) is 24.9. The topological polar surface area (TPSA) is 84.5 Å². The lowest BCUT2D eigenvalue weighted by atomic mass is 9.83. The Bertz CT molecular complexity index is 1580.